The smallest absolute Gasteiger partial charge is 0.422 e. The van der Waals surface area contributed by atoms with Crippen LogP contribution in [0.2, 0.25) is 0 Å². The number of aromatic nitrogens is 3. The molecule has 3 aromatic rings. The van der Waals surface area contributed by atoms with E-state index in [1.54, 1.807) is 31.2 Å². The van der Waals surface area contributed by atoms with Crippen molar-refractivity contribution in [3.05, 3.63) is 66.4 Å². The predicted molar refractivity (Wildman–Crippen MR) is 152 cm³/mol. The van der Waals surface area contributed by atoms with Gasteiger partial charge in [-0.15, -0.1) is 6.58 Å². The summed E-state index contributed by atoms with van der Waals surface area (Å²) in [5.41, 5.74) is 1.22. The summed E-state index contributed by atoms with van der Waals surface area (Å²) in [5, 5.41) is 12.4. The summed E-state index contributed by atoms with van der Waals surface area (Å²) in [6, 6.07) is 10.4. The van der Waals surface area contributed by atoms with Crippen LogP contribution in [-0.4, -0.2) is 71.3 Å². The van der Waals surface area contributed by atoms with Crippen LogP contribution in [0.25, 0.3) is 0 Å². The highest BCUT2D eigenvalue weighted by atomic mass is 19.4. The van der Waals surface area contributed by atoms with E-state index in [1.807, 2.05) is 12.1 Å². The molecule has 0 unspecified atom stereocenters. The quantitative estimate of drug-likeness (QED) is 0.236. The summed E-state index contributed by atoms with van der Waals surface area (Å²) < 4.78 is 42.5. The van der Waals surface area contributed by atoms with Gasteiger partial charge in [0.05, 0.1) is 0 Å². The lowest BCUT2D eigenvalue weighted by Crippen LogP contribution is -2.36. The van der Waals surface area contributed by atoms with Crippen LogP contribution in [-0.2, 0) is 0 Å². The topological polar surface area (TPSA) is 116 Å². The predicted octanol–water partition coefficient (Wildman–Crippen LogP) is 5.03. The molecule has 4 rings (SSSR count). The summed E-state index contributed by atoms with van der Waals surface area (Å²) in [7, 11) is 2.11. The molecule has 4 N–H and O–H groups in total. The number of nitrogens with one attached hydrogen (secondary N) is 4. The van der Waals surface area contributed by atoms with Gasteiger partial charge in [-0.1, -0.05) is 12.1 Å². The van der Waals surface area contributed by atoms with E-state index in [4.69, 9.17) is 4.74 Å². The second-order valence-electron chi connectivity index (χ2n) is 9.72. The molecule has 218 valence electrons. The molecule has 0 aliphatic carbocycles. The van der Waals surface area contributed by atoms with Crippen LogP contribution in [0.3, 0.4) is 0 Å². The molecule has 1 aliphatic rings. The fourth-order valence-corrected chi connectivity index (χ4v) is 4.21. The second-order valence-corrected chi connectivity index (χ2v) is 9.72. The first-order valence-electron chi connectivity index (χ1n) is 13.1. The zero-order chi connectivity index (χ0) is 29.4. The Morgan fingerprint density at radius 3 is 2.61 bits per heavy atom. The molecule has 1 amide bonds. The molecule has 41 heavy (non-hydrogen) atoms. The highest BCUT2D eigenvalue weighted by Gasteiger charge is 2.28. The van der Waals surface area contributed by atoms with E-state index < -0.39 is 18.7 Å². The number of halogens is 3. The van der Waals surface area contributed by atoms with Gasteiger partial charge in [0.25, 0.3) is 5.91 Å². The van der Waals surface area contributed by atoms with Crippen molar-refractivity contribution in [2.75, 3.05) is 49.2 Å². The number of rotatable bonds is 11. The molecule has 1 aliphatic heterocycles. The first-order valence-corrected chi connectivity index (χ1v) is 13.1. The molecule has 1 fully saturated rings. The molecule has 1 saturated heterocycles. The number of pyridine rings is 1. The molecule has 1 aromatic carbocycles. The number of carbonyl (C=O) groups is 1. The molecule has 0 saturated carbocycles. The largest absolute Gasteiger partial charge is 0.484 e. The summed E-state index contributed by atoms with van der Waals surface area (Å²) in [5.74, 6) is 1.28. The van der Waals surface area contributed by atoms with E-state index in [0.717, 1.165) is 25.9 Å². The highest BCUT2D eigenvalue weighted by Crippen LogP contribution is 2.27. The Kier molecular flexibility index (Phi) is 9.61. The number of anilines is 5. The van der Waals surface area contributed by atoms with Crippen LogP contribution in [0.15, 0.2) is 55.3 Å². The van der Waals surface area contributed by atoms with Crippen molar-refractivity contribution < 1.29 is 22.7 Å². The summed E-state index contributed by atoms with van der Waals surface area (Å²) in [4.78, 5) is 28.5. The van der Waals surface area contributed by atoms with Crippen molar-refractivity contribution in [1.29, 1.82) is 0 Å². The Morgan fingerprint density at radius 1 is 1.15 bits per heavy atom. The number of likely N-dealkylation sites (tertiary alicyclic amines) is 1. The fraction of sp³-hybridized carbons (Fsp3) is 0.357. The van der Waals surface area contributed by atoms with Crippen molar-refractivity contribution in [1.82, 2.24) is 25.2 Å². The molecule has 0 radical (unpaired) electrons. The van der Waals surface area contributed by atoms with Gasteiger partial charge >= 0.3 is 6.18 Å². The van der Waals surface area contributed by atoms with E-state index in [2.05, 4.69) is 54.7 Å². The van der Waals surface area contributed by atoms with Gasteiger partial charge in [-0.05, 0) is 75.8 Å². The van der Waals surface area contributed by atoms with Gasteiger partial charge < -0.3 is 30.9 Å². The number of hydrogen-bond donors (Lipinski definition) is 4. The maximum absolute atomic E-state index is 12.8. The fourth-order valence-electron chi connectivity index (χ4n) is 4.21. The van der Waals surface area contributed by atoms with Crippen LogP contribution >= 0.6 is 0 Å². The van der Waals surface area contributed by atoms with Gasteiger partial charge in [-0.25, -0.2) is 9.97 Å². The SMILES string of the molecule is C=CCNC(=O)c1cnc(Nc2ccc(OCC(F)(F)F)c(C)c2)nc1Nc1cccc(NC2CCN(C)CC2)n1. The third kappa shape index (κ3) is 8.80. The van der Waals surface area contributed by atoms with Crippen molar-refractivity contribution in [3.63, 3.8) is 0 Å². The van der Waals surface area contributed by atoms with Gasteiger partial charge in [-0.3, -0.25) is 4.79 Å². The Morgan fingerprint density at radius 2 is 1.90 bits per heavy atom. The van der Waals surface area contributed by atoms with E-state index in [9.17, 15) is 18.0 Å². The van der Waals surface area contributed by atoms with Crippen molar-refractivity contribution in [3.8, 4) is 5.75 Å². The van der Waals surface area contributed by atoms with Gasteiger partial charge in [0.1, 0.15) is 28.8 Å². The maximum Gasteiger partial charge on any atom is 0.422 e. The molecule has 0 spiro atoms. The lowest BCUT2D eigenvalue weighted by Gasteiger charge is -2.29. The zero-order valence-corrected chi connectivity index (χ0v) is 22.9. The van der Waals surface area contributed by atoms with E-state index >= 15 is 0 Å². The standard InChI is InChI=1S/C28H33F3N8O2/c1-4-12-32-26(40)21-16-33-27(35-20-8-9-22(18(2)15-20)41-17-28(29,30)31)38-25(21)37-24-7-5-6-23(36-24)34-19-10-13-39(3)14-11-19/h4-9,15-16,19H,1,10-14,17H2,2-3H3,(H,32,40)(H3,33,34,35,36,37,38). The monoisotopic (exact) mass is 570 g/mol. The van der Waals surface area contributed by atoms with Gasteiger partial charge in [0.15, 0.2) is 6.61 Å². The molecule has 10 nitrogen and oxygen atoms in total. The maximum atomic E-state index is 12.8. The first kappa shape index (κ1) is 29.6. The number of aryl methyl sites for hydroxylation is 1. The first-order chi connectivity index (χ1) is 19.6. The molecular weight excluding hydrogens is 537 g/mol. The number of nitrogens with zero attached hydrogens (tertiary/aromatic N) is 4. The van der Waals surface area contributed by atoms with Gasteiger partial charge in [0, 0.05) is 24.5 Å². The Balaban J connectivity index is 1.53. The second kappa shape index (κ2) is 13.3. The van der Waals surface area contributed by atoms with Crippen molar-refractivity contribution >= 4 is 35.0 Å². The summed E-state index contributed by atoms with van der Waals surface area (Å²) >= 11 is 0. The normalized spacial score (nSPS) is 14.3. The zero-order valence-electron chi connectivity index (χ0n) is 22.9. The number of piperidine rings is 1. The number of amides is 1. The number of benzene rings is 1. The average Bonchev–Trinajstić information content (AvgIpc) is 2.92. The Bertz CT molecular complexity index is 1360. The van der Waals surface area contributed by atoms with Crippen LogP contribution in [0, 0.1) is 6.92 Å². The molecule has 13 heteroatoms. The lowest BCUT2D eigenvalue weighted by molar-refractivity contribution is -0.153. The lowest BCUT2D eigenvalue weighted by atomic mass is 10.1. The van der Waals surface area contributed by atoms with E-state index in [1.165, 1.54) is 12.3 Å². The third-order valence-electron chi connectivity index (χ3n) is 6.33. The van der Waals surface area contributed by atoms with Crippen LogP contribution in [0.1, 0.15) is 28.8 Å². The number of ether oxygens (including phenoxy) is 1. The minimum atomic E-state index is -4.43. The average molecular weight is 571 g/mol. The van der Waals surface area contributed by atoms with Crippen LogP contribution < -0.4 is 26.0 Å². The summed E-state index contributed by atoms with van der Waals surface area (Å²) in [6.45, 7) is 6.16. The third-order valence-corrected chi connectivity index (χ3v) is 6.33. The number of hydrogen-bond acceptors (Lipinski definition) is 9. The highest BCUT2D eigenvalue weighted by molar-refractivity contribution is 5.99. The molecule has 0 atom stereocenters. The van der Waals surface area contributed by atoms with Crippen molar-refractivity contribution in [2.24, 2.45) is 0 Å². The molecule has 2 aromatic heterocycles. The van der Waals surface area contributed by atoms with Crippen LogP contribution in [0.5, 0.6) is 5.75 Å². The minimum Gasteiger partial charge on any atom is -0.484 e. The number of alkyl halides is 3. The Hall–Kier alpha value is -4.39. The van der Waals surface area contributed by atoms with Crippen LogP contribution in [0.4, 0.5) is 42.3 Å². The van der Waals surface area contributed by atoms with E-state index in [0.29, 0.717) is 28.9 Å². The molecule has 0 bridgehead atoms. The van der Waals surface area contributed by atoms with E-state index in [-0.39, 0.29) is 29.6 Å². The van der Waals surface area contributed by atoms with Gasteiger partial charge in [-0.2, -0.15) is 18.2 Å². The minimum absolute atomic E-state index is 0.116. The molecular formula is C28H33F3N8O2. The molecule has 3 heterocycles. The number of carbonyl (C=O) groups excluding carboxylic acids is 1. The summed E-state index contributed by atoms with van der Waals surface area (Å²) in [6.07, 6.45) is 0.534. The Labute approximate surface area is 236 Å². The van der Waals surface area contributed by atoms with Crippen molar-refractivity contribution in [2.45, 2.75) is 32.0 Å². The van der Waals surface area contributed by atoms with Gasteiger partial charge in [0.2, 0.25) is 5.95 Å².